The van der Waals surface area contributed by atoms with E-state index in [2.05, 4.69) is 26.9 Å². The molecule has 3 aromatic rings. The lowest BCUT2D eigenvalue weighted by molar-refractivity contribution is 0.0983. The number of hydrogen-bond acceptors (Lipinski definition) is 5. The van der Waals surface area contributed by atoms with Gasteiger partial charge in [0.1, 0.15) is 5.82 Å². The standard InChI is InChI=1S/C20H24N6O/c1-14-9-11-26(12-10-14)19-16-13-21-25(3)18(16)22-17(23-19)20(27)24(2)15-7-5-4-6-8-15/h4-8,13-14H,9-12H2,1-3H3. The molecule has 27 heavy (non-hydrogen) atoms. The number of para-hydroxylation sites is 1. The van der Waals surface area contributed by atoms with Gasteiger partial charge in [-0.1, -0.05) is 25.1 Å². The van der Waals surface area contributed by atoms with E-state index in [0.717, 1.165) is 48.7 Å². The zero-order chi connectivity index (χ0) is 19.0. The monoisotopic (exact) mass is 364 g/mol. The third-order valence-corrected chi connectivity index (χ3v) is 5.29. The average Bonchev–Trinajstić information content (AvgIpc) is 3.08. The number of piperidine rings is 1. The zero-order valence-corrected chi connectivity index (χ0v) is 16.0. The molecule has 4 rings (SSSR count). The van der Waals surface area contributed by atoms with Crippen molar-refractivity contribution in [3.05, 3.63) is 42.4 Å². The molecule has 0 radical (unpaired) electrons. The first-order chi connectivity index (χ1) is 13.0. The Bertz CT molecular complexity index is 959. The molecule has 0 unspecified atom stereocenters. The first kappa shape index (κ1) is 17.5. The summed E-state index contributed by atoms with van der Waals surface area (Å²) in [6.45, 7) is 4.15. The fourth-order valence-corrected chi connectivity index (χ4v) is 3.48. The Hall–Kier alpha value is -2.96. The van der Waals surface area contributed by atoms with Crippen molar-refractivity contribution in [2.24, 2.45) is 13.0 Å². The van der Waals surface area contributed by atoms with Crippen molar-refractivity contribution >= 4 is 28.4 Å². The van der Waals surface area contributed by atoms with Crippen LogP contribution in [0.3, 0.4) is 0 Å². The predicted molar refractivity (Wildman–Crippen MR) is 106 cm³/mol. The number of benzene rings is 1. The number of nitrogens with zero attached hydrogens (tertiary/aromatic N) is 6. The molecule has 0 atom stereocenters. The van der Waals surface area contributed by atoms with E-state index in [1.807, 2.05) is 37.4 Å². The Morgan fingerprint density at radius 3 is 2.56 bits per heavy atom. The largest absolute Gasteiger partial charge is 0.356 e. The molecule has 140 valence electrons. The van der Waals surface area contributed by atoms with Crippen LogP contribution in [0.1, 0.15) is 30.4 Å². The van der Waals surface area contributed by atoms with Crippen LogP contribution in [0.5, 0.6) is 0 Å². The van der Waals surface area contributed by atoms with Gasteiger partial charge in [0, 0.05) is 32.9 Å². The van der Waals surface area contributed by atoms with Gasteiger partial charge in [-0.25, -0.2) is 9.97 Å². The summed E-state index contributed by atoms with van der Waals surface area (Å²) in [6.07, 6.45) is 4.04. The maximum atomic E-state index is 13.1. The summed E-state index contributed by atoms with van der Waals surface area (Å²) in [5.41, 5.74) is 1.49. The minimum absolute atomic E-state index is 0.200. The van der Waals surface area contributed by atoms with E-state index >= 15 is 0 Å². The van der Waals surface area contributed by atoms with Crippen LogP contribution in [0.15, 0.2) is 36.5 Å². The van der Waals surface area contributed by atoms with Crippen molar-refractivity contribution in [2.75, 3.05) is 29.9 Å². The molecule has 3 heterocycles. The third kappa shape index (κ3) is 3.25. The van der Waals surface area contributed by atoms with Crippen LogP contribution in [0, 0.1) is 5.92 Å². The van der Waals surface area contributed by atoms with Crippen LogP contribution < -0.4 is 9.80 Å². The molecule has 1 saturated heterocycles. The van der Waals surface area contributed by atoms with E-state index in [1.165, 1.54) is 0 Å². The van der Waals surface area contributed by atoms with Crippen molar-refractivity contribution < 1.29 is 4.79 Å². The molecule has 0 bridgehead atoms. The molecule has 7 nitrogen and oxygen atoms in total. The molecule has 1 aliphatic heterocycles. The number of carbonyl (C=O) groups excluding carboxylic acids is 1. The lowest BCUT2D eigenvalue weighted by Gasteiger charge is -2.31. The van der Waals surface area contributed by atoms with Gasteiger partial charge in [0.05, 0.1) is 11.6 Å². The van der Waals surface area contributed by atoms with Crippen LogP contribution in [-0.2, 0) is 7.05 Å². The van der Waals surface area contributed by atoms with Crippen molar-refractivity contribution in [3.63, 3.8) is 0 Å². The molecule has 2 aromatic heterocycles. The van der Waals surface area contributed by atoms with Gasteiger partial charge in [0.15, 0.2) is 5.65 Å². The van der Waals surface area contributed by atoms with E-state index in [4.69, 9.17) is 0 Å². The normalized spacial score (nSPS) is 15.3. The van der Waals surface area contributed by atoms with Crippen molar-refractivity contribution in [1.82, 2.24) is 19.7 Å². The molecular formula is C20H24N6O. The second-order valence-electron chi connectivity index (χ2n) is 7.25. The molecule has 0 spiro atoms. The van der Waals surface area contributed by atoms with E-state index in [0.29, 0.717) is 5.65 Å². The van der Waals surface area contributed by atoms with Gasteiger partial charge in [-0.15, -0.1) is 0 Å². The lowest BCUT2D eigenvalue weighted by atomic mass is 9.99. The molecule has 0 aliphatic carbocycles. The van der Waals surface area contributed by atoms with Gasteiger partial charge >= 0.3 is 0 Å². The van der Waals surface area contributed by atoms with E-state index < -0.39 is 0 Å². The number of fused-ring (bicyclic) bond motifs is 1. The lowest BCUT2D eigenvalue weighted by Crippen LogP contribution is -2.35. The summed E-state index contributed by atoms with van der Waals surface area (Å²) in [7, 11) is 3.59. The van der Waals surface area contributed by atoms with Crippen LogP contribution in [0.2, 0.25) is 0 Å². The molecule has 7 heteroatoms. The maximum Gasteiger partial charge on any atom is 0.295 e. The Kier molecular flexibility index (Phi) is 4.51. The highest BCUT2D eigenvalue weighted by atomic mass is 16.2. The number of carbonyl (C=O) groups is 1. The van der Waals surface area contributed by atoms with Crippen molar-refractivity contribution in [1.29, 1.82) is 0 Å². The van der Waals surface area contributed by atoms with Crippen LogP contribution in [0.4, 0.5) is 11.5 Å². The second kappa shape index (κ2) is 6.98. The van der Waals surface area contributed by atoms with Crippen molar-refractivity contribution in [3.8, 4) is 0 Å². The third-order valence-electron chi connectivity index (χ3n) is 5.29. The molecule has 0 N–H and O–H groups in total. The number of amides is 1. The summed E-state index contributed by atoms with van der Waals surface area (Å²) < 4.78 is 1.70. The van der Waals surface area contributed by atoms with E-state index in [-0.39, 0.29) is 11.7 Å². The quantitative estimate of drug-likeness (QED) is 0.715. The number of hydrogen-bond donors (Lipinski definition) is 0. The Labute approximate surface area is 158 Å². The van der Waals surface area contributed by atoms with E-state index in [1.54, 1.807) is 22.8 Å². The minimum atomic E-state index is -0.226. The molecule has 1 aliphatic rings. The fraction of sp³-hybridized carbons (Fsp3) is 0.400. The van der Waals surface area contributed by atoms with Gasteiger partial charge in [-0.3, -0.25) is 9.48 Å². The number of rotatable bonds is 3. The Balaban J connectivity index is 1.75. The SMILES string of the molecule is CC1CCN(c2nc(C(=O)N(C)c3ccccc3)nc3c2cnn3C)CC1. The van der Waals surface area contributed by atoms with Gasteiger partial charge in [0.2, 0.25) is 5.82 Å². The average molecular weight is 364 g/mol. The second-order valence-corrected chi connectivity index (χ2v) is 7.25. The van der Waals surface area contributed by atoms with Crippen LogP contribution >= 0.6 is 0 Å². The first-order valence-electron chi connectivity index (χ1n) is 9.32. The number of aryl methyl sites for hydroxylation is 1. The highest BCUT2D eigenvalue weighted by molar-refractivity contribution is 6.04. The topological polar surface area (TPSA) is 67.2 Å². The Morgan fingerprint density at radius 2 is 1.85 bits per heavy atom. The summed E-state index contributed by atoms with van der Waals surface area (Å²) in [4.78, 5) is 26.1. The molecular weight excluding hydrogens is 340 g/mol. The highest BCUT2D eigenvalue weighted by Gasteiger charge is 2.25. The number of anilines is 2. The summed E-state index contributed by atoms with van der Waals surface area (Å²) in [5.74, 6) is 1.50. The van der Waals surface area contributed by atoms with Gasteiger partial charge in [-0.05, 0) is 30.9 Å². The predicted octanol–water partition coefficient (Wildman–Crippen LogP) is 2.88. The minimum Gasteiger partial charge on any atom is -0.356 e. The maximum absolute atomic E-state index is 13.1. The van der Waals surface area contributed by atoms with Gasteiger partial charge < -0.3 is 9.80 Å². The summed E-state index contributed by atoms with van der Waals surface area (Å²) in [6, 6.07) is 9.53. The summed E-state index contributed by atoms with van der Waals surface area (Å²) >= 11 is 0. The van der Waals surface area contributed by atoms with Gasteiger partial charge in [-0.2, -0.15) is 5.10 Å². The highest BCUT2D eigenvalue weighted by Crippen LogP contribution is 2.28. The first-order valence-corrected chi connectivity index (χ1v) is 9.32. The molecule has 0 saturated carbocycles. The molecule has 1 amide bonds. The molecule has 1 aromatic carbocycles. The van der Waals surface area contributed by atoms with E-state index in [9.17, 15) is 4.79 Å². The van der Waals surface area contributed by atoms with Crippen LogP contribution in [0.25, 0.3) is 11.0 Å². The number of aromatic nitrogens is 4. The Morgan fingerprint density at radius 1 is 1.15 bits per heavy atom. The summed E-state index contributed by atoms with van der Waals surface area (Å²) in [5, 5.41) is 5.23. The smallest absolute Gasteiger partial charge is 0.295 e. The van der Waals surface area contributed by atoms with Gasteiger partial charge in [0.25, 0.3) is 5.91 Å². The molecule has 1 fully saturated rings. The zero-order valence-electron chi connectivity index (χ0n) is 16.0. The van der Waals surface area contributed by atoms with Crippen molar-refractivity contribution in [2.45, 2.75) is 19.8 Å². The fourth-order valence-electron chi connectivity index (χ4n) is 3.48. The van der Waals surface area contributed by atoms with Crippen LogP contribution in [-0.4, -0.2) is 45.8 Å².